The highest BCUT2D eigenvalue weighted by molar-refractivity contribution is 5.91. The Bertz CT molecular complexity index is 1470. The predicted molar refractivity (Wildman–Crippen MR) is 157 cm³/mol. The van der Waals surface area contributed by atoms with E-state index in [2.05, 4.69) is 5.32 Å². The number of carbonyl (C=O) groups is 3. The van der Waals surface area contributed by atoms with Gasteiger partial charge in [-0.15, -0.1) is 0 Å². The van der Waals surface area contributed by atoms with E-state index < -0.39 is 41.6 Å². The van der Waals surface area contributed by atoms with Crippen LogP contribution < -0.4 is 15.6 Å². The molecule has 2 aromatic rings. The highest BCUT2D eigenvalue weighted by atomic mass is 16.6. The van der Waals surface area contributed by atoms with Gasteiger partial charge in [-0.25, -0.2) is 9.59 Å². The van der Waals surface area contributed by atoms with Gasteiger partial charge in [-0.05, 0) is 61.0 Å². The van der Waals surface area contributed by atoms with Crippen molar-refractivity contribution >= 4 is 28.9 Å². The third-order valence-corrected chi connectivity index (χ3v) is 9.71. The summed E-state index contributed by atoms with van der Waals surface area (Å²) in [5.74, 6) is 0.490. The Morgan fingerprint density at radius 3 is 2.58 bits per heavy atom. The molecule has 0 spiro atoms. The molecule has 232 valence electrons. The molecule has 0 radical (unpaired) electrons. The number of carbonyl (C=O) groups excluding carboxylic acids is 3. The quantitative estimate of drug-likeness (QED) is 0.496. The fraction of sp³-hybridized carbons (Fsp3) is 0.656. The Morgan fingerprint density at radius 1 is 1.02 bits per heavy atom. The van der Waals surface area contributed by atoms with Crippen LogP contribution >= 0.6 is 0 Å². The molecule has 2 aliphatic heterocycles. The van der Waals surface area contributed by atoms with Crippen molar-refractivity contribution in [2.45, 2.75) is 96.6 Å². The van der Waals surface area contributed by atoms with Crippen LogP contribution in [0.15, 0.2) is 29.1 Å². The number of amides is 2. The van der Waals surface area contributed by atoms with Crippen LogP contribution in [0.2, 0.25) is 0 Å². The number of rotatable bonds is 1. The molecule has 7 unspecified atom stereocenters. The SMILES string of the molecule is COC(=O)C1CC2CN1C(=O)C(C(C)(C)C)NC(=O)OC1CC3CC3C1CCCCCn1c(nc3ccccc3c1=O)O2. The highest BCUT2D eigenvalue weighted by Gasteiger charge is 2.54. The van der Waals surface area contributed by atoms with Crippen molar-refractivity contribution in [1.82, 2.24) is 19.8 Å². The number of benzene rings is 1. The maximum atomic E-state index is 14.1. The molecule has 11 nitrogen and oxygen atoms in total. The van der Waals surface area contributed by atoms with Gasteiger partial charge >= 0.3 is 12.1 Å². The van der Waals surface area contributed by atoms with Crippen LogP contribution in [0.25, 0.3) is 10.9 Å². The average molecular weight is 595 g/mol. The standard InChI is InChI=1S/C32H42N4O7/c1-32(2,3)26-28(38)36-17-19(16-24(36)29(39)41-4)42-30-33-23-12-8-7-11-21(23)27(37)35(30)13-9-5-6-10-20-22-14-18(22)15-25(20)43-31(40)34-26/h7-8,11-12,18-20,22,24-26H,5-6,9-10,13-17H2,1-4H3,(H,34,40). The van der Waals surface area contributed by atoms with Gasteiger partial charge in [0.1, 0.15) is 24.3 Å². The molecule has 1 aromatic heterocycles. The Kier molecular flexibility index (Phi) is 7.85. The second-order valence-corrected chi connectivity index (χ2v) is 13.7. The molecule has 2 saturated carbocycles. The molecule has 3 fully saturated rings. The first-order valence-electron chi connectivity index (χ1n) is 15.6. The van der Waals surface area contributed by atoms with Crippen LogP contribution in [0.3, 0.4) is 0 Å². The fourth-order valence-electron chi connectivity index (χ4n) is 7.35. The lowest BCUT2D eigenvalue weighted by Gasteiger charge is -2.35. The Balaban J connectivity index is 1.36. The summed E-state index contributed by atoms with van der Waals surface area (Å²) in [6.45, 7) is 6.10. The molecule has 1 saturated heterocycles. The van der Waals surface area contributed by atoms with Crippen LogP contribution in [0, 0.1) is 23.2 Å². The second kappa shape index (κ2) is 11.5. The third-order valence-electron chi connectivity index (χ3n) is 9.71. The maximum Gasteiger partial charge on any atom is 0.408 e. The summed E-state index contributed by atoms with van der Waals surface area (Å²) in [6, 6.07) is 5.49. The molecule has 4 aliphatic rings. The summed E-state index contributed by atoms with van der Waals surface area (Å²) >= 11 is 0. The number of nitrogens with one attached hydrogen (secondary N) is 1. The Morgan fingerprint density at radius 2 is 1.81 bits per heavy atom. The minimum atomic E-state index is -0.948. The van der Waals surface area contributed by atoms with E-state index in [1.165, 1.54) is 18.4 Å². The van der Waals surface area contributed by atoms with Crippen molar-refractivity contribution in [3.8, 4) is 6.01 Å². The van der Waals surface area contributed by atoms with Crippen molar-refractivity contribution in [3.05, 3.63) is 34.6 Å². The summed E-state index contributed by atoms with van der Waals surface area (Å²) < 4.78 is 19.0. The van der Waals surface area contributed by atoms with Crippen molar-refractivity contribution in [1.29, 1.82) is 0 Å². The van der Waals surface area contributed by atoms with Crippen molar-refractivity contribution in [2.75, 3.05) is 13.7 Å². The molecule has 3 heterocycles. The first-order chi connectivity index (χ1) is 20.5. The molecule has 11 heteroatoms. The van der Waals surface area contributed by atoms with Crippen LogP contribution in [0.4, 0.5) is 4.79 Å². The smallest absolute Gasteiger partial charge is 0.408 e. The summed E-state index contributed by atoms with van der Waals surface area (Å²) in [5.41, 5.74) is -0.321. The van der Waals surface area contributed by atoms with Crippen LogP contribution in [0.5, 0.6) is 6.01 Å². The van der Waals surface area contributed by atoms with Crippen LogP contribution in [-0.4, -0.2) is 70.4 Å². The number of hydrogen-bond acceptors (Lipinski definition) is 8. The normalized spacial score (nSPS) is 31.4. The van der Waals surface area contributed by atoms with Gasteiger partial charge in [0.25, 0.3) is 11.6 Å². The molecule has 6 rings (SSSR count). The number of nitrogens with zero attached hydrogens (tertiary/aromatic N) is 3. The zero-order valence-electron chi connectivity index (χ0n) is 25.4. The van der Waals surface area contributed by atoms with E-state index in [1.807, 2.05) is 32.9 Å². The highest BCUT2D eigenvalue weighted by Crippen LogP contribution is 2.57. The molecule has 1 aromatic carbocycles. The van der Waals surface area contributed by atoms with E-state index >= 15 is 0 Å². The van der Waals surface area contributed by atoms with E-state index in [1.54, 1.807) is 16.7 Å². The van der Waals surface area contributed by atoms with Crippen molar-refractivity contribution < 1.29 is 28.6 Å². The van der Waals surface area contributed by atoms with E-state index in [0.29, 0.717) is 35.2 Å². The zero-order valence-corrected chi connectivity index (χ0v) is 25.4. The molecule has 7 atom stereocenters. The van der Waals surface area contributed by atoms with E-state index in [-0.39, 0.29) is 30.6 Å². The summed E-state index contributed by atoms with van der Waals surface area (Å²) in [5, 5.41) is 3.37. The number of ether oxygens (including phenoxy) is 3. The molecule has 1 N–H and O–H groups in total. The van der Waals surface area contributed by atoms with Crippen LogP contribution in [-0.2, 0) is 25.6 Å². The number of methoxy groups -OCH3 is 1. The fourth-order valence-corrected chi connectivity index (χ4v) is 7.35. The lowest BCUT2D eigenvalue weighted by Crippen LogP contribution is -2.57. The van der Waals surface area contributed by atoms with E-state index in [4.69, 9.17) is 19.2 Å². The van der Waals surface area contributed by atoms with Gasteiger partial charge in [0.05, 0.1) is 24.6 Å². The molecular formula is C32H42N4O7. The van der Waals surface area contributed by atoms with Gasteiger partial charge in [0.2, 0.25) is 5.91 Å². The predicted octanol–water partition coefficient (Wildman–Crippen LogP) is 3.66. The molecule has 2 bridgehead atoms. The first-order valence-corrected chi connectivity index (χ1v) is 15.6. The number of esters is 1. The maximum absolute atomic E-state index is 14.1. The topological polar surface area (TPSA) is 129 Å². The summed E-state index contributed by atoms with van der Waals surface area (Å²) in [4.78, 5) is 60.0. The van der Waals surface area contributed by atoms with Crippen molar-refractivity contribution in [2.24, 2.45) is 23.2 Å². The van der Waals surface area contributed by atoms with Crippen molar-refractivity contribution in [3.63, 3.8) is 0 Å². The van der Waals surface area contributed by atoms with Gasteiger partial charge in [-0.3, -0.25) is 14.2 Å². The lowest BCUT2D eigenvalue weighted by molar-refractivity contribution is -0.152. The Labute approximate surface area is 251 Å². The number of para-hydroxylation sites is 1. The molecule has 2 amide bonds. The third kappa shape index (κ3) is 5.82. The Hall–Kier alpha value is -3.63. The molecule has 2 aliphatic carbocycles. The molecular weight excluding hydrogens is 552 g/mol. The molecule has 43 heavy (non-hydrogen) atoms. The summed E-state index contributed by atoms with van der Waals surface area (Å²) in [7, 11) is 1.28. The average Bonchev–Trinajstić information content (AvgIpc) is 3.46. The van der Waals surface area contributed by atoms with Crippen LogP contribution in [0.1, 0.15) is 65.7 Å². The lowest BCUT2D eigenvalue weighted by atomic mass is 9.85. The van der Waals surface area contributed by atoms with Gasteiger partial charge in [0, 0.05) is 13.0 Å². The second-order valence-electron chi connectivity index (χ2n) is 13.7. The van der Waals surface area contributed by atoms with Gasteiger partial charge in [-0.1, -0.05) is 45.7 Å². The minimum Gasteiger partial charge on any atom is -0.467 e. The number of fused-ring (bicyclic) bond motifs is 7. The van der Waals surface area contributed by atoms with E-state index in [0.717, 1.165) is 32.1 Å². The number of hydrogen-bond donors (Lipinski definition) is 1. The largest absolute Gasteiger partial charge is 0.467 e. The first kappa shape index (κ1) is 29.4. The monoisotopic (exact) mass is 594 g/mol. The van der Waals surface area contributed by atoms with Gasteiger partial charge in [-0.2, -0.15) is 4.98 Å². The zero-order chi connectivity index (χ0) is 30.5. The minimum absolute atomic E-state index is 0.0681. The number of aromatic nitrogens is 2. The number of alkyl carbamates (subject to hydrolysis) is 1. The summed E-state index contributed by atoms with van der Waals surface area (Å²) in [6.07, 6.45) is 4.38. The van der Waals surface area contributed by atoms with E-state index in [9.17, 15) is 19.2 Å². The van der Waals surface area contributed by atoms with Gasteiger partial charge < -0.3 is 24.4 Å². The van der Waals surface area contributed by atoms with Gasteiger partial charge in [0.15, 0.2) is 0 Å².